The van der Waals surface area contributed by atoms with Crippen molar-refractivity contribution in [3.8, 4) is 0 Å². The van der Waals surface area contributed by atoms with Gasteiger partial charge in [0.1, 0.15) is 5.60 Å². The summed E-state index contributed by atoms with van der Waals surface area (Å²) in [6.45, 7) is 1.47. The van der Waals surface area contributed by atoms with Gasteiger partial charge < -0.3 is 9.90 Å². The van der Waals surface area contributed by atoms with E-state index >= 15 is 0 Å². The first-order valence-electron chi connectivity index (χ1n) is 3.71. The second-order valence-electron chi connectivity index (χ2n) is 3.13. The average molecular weight is 168 g/mol. The quantitative estimate of drug-likeness (QED) is 0.642. The predicted molar refractivity (Wildman–Crippen MR) is 43.6 cm³/mol. The Morgan fingerprint density at radius 2 is 2.50 bits per heavy atom. The van der Waals surface area contributed by atoms with E-state index in [-0.39, 0.29) is 6.42 Å². The number of aromatic nitrogens is 2. The lowest BCUT2D eigenvalue weighted by Gasteiger charge is -2.12. The Morgan fingerprint density at radius 3 is 2.92 bits per heavy atom. The van der Waals surface area contributed by atoms with Crippen LogP contribution in [-0.4, -0.2) is 26.8 Å². The number of carbonyl (C=O) groups is 1. The van der Waals surface area contributed by atoms with Crippen molar-refractivity contribution in [1.82, 2.24) is 9.78 Å². The molecule has 1 heterocycles. The second-order valence-corrected chi connectivity index (χ2v) is 3.13. The molecule has 1 atom stereocenters. The summed E-state index contributed by atoms with van der Waals surface area (Å²) in [5, 5.41) is 13.4. The summed E-state index contributed by atoms with van der Waals surface area (Å²) >= 11 is 0. The Bertz CT molecular complexity index is 278. The van der Waals surface area contributed by atoms with Gasteiger partial charge in [0.25, 0.3) is 0 Å². The lowest BCUT2D eigenvalue weighted by molar-refractivity contribution is -0.122. The fraction of sp³-hybridized carbons (Fsp3) is 0.500. The van der Waals surface area contributed by atoms with Gasteiger partial charge in [-0.25, -0.2) is 0 Å². The van der Waals surface area contributed by atoms with Crippen LogP contribution in [-0.2, 0) is 18.3 Å². The SMILES string of the molecule is Cn1ccc(CC(C)(O)C=O)n1. The molecule has 0 amide bonds. The maximum absolute atomic E-state index is 10.4. The third-order valence-electron chi connectivity index (χ3n) is 1.56. The van der Waals surface area contributed by atoms with Crippen LogP contribution < -0.4 is 0 Å². The van der Waals surface area contributed by atoms with Crippen LogP contribution in [0.15, 0.2) is 12.3 Å². The topological polar surface area (TPSA) is 55.1 Å². The molecule has 12 heavy (non-hydrogen) atoms. The molecule has 1 unspecified atom stereocenters. The van der Waals surface area contributed by atoms with Crippen LogP contribution in [0.5, 0.6) is 0 Å². The van der Waals surface area contributed by atoms with Crippen molar-refractivity contribution in [2.45, 2.75) is 18.9 Å². The van der Waals surface area contributed by atoms with E-state index in [1.807, 2.05) is 0 Å². The molecule has 0 saturated carbocycles. The summed E-state index contributed by atoms with van der Waals surface area (Å²) in [6, 6.07) is 1.78. The molecular formula is C8H12N2O2. The number of aliphatic hydroxyl groups is 1. The number of nitrogens with zero attached hydrogens (tertiary/aromatic N) is 2. The number of aryl methyl sites for hydroxylation is 1. The zero-order chi connectivity index (χ0) is 9.19. The summed E-state index contributed by atoms with van der Waals surface area (Å²) < 4.78 is 1.64. The molecule has 1 aromatic rings. The molecule has 0 aromatic carbocycles. The van der Waals surface area contributed by atoms with Crippen LogP contribution >= 0.6 is 0 Å². The Morgan fingerprint density at radius 1 is 1.83 bits per heavy atom. The van der Waals surface area contributed by atoms with Crippen LogP contribution in [0, 0.1) is 0 Å². The Kier molecular flexibility index (Phi) is 2.28. The van der Waals surface area contributed by atoms with Gasteiger partial charge >= 0.3 is 0 Å². The first-order chi connectivity index (χ1) is 5.53. The number of aldehydes is 1. The number of hydrogen-bond donors (Lipinski definition) is 1. The second kappa shape index (κ2) is 3.06. The normalized spacial score (nSPS) is 15.6. The minimum Gasteiger partial charge on any atom is -0.382 e. The van der Waals surface area contributed by atoms with E-state index in [0.29, 0.717) is 6.29 Å². The molecule has 0 saturated heterocycles. The Balaban J connectivity index is 2.69. The Labute approximate surface area is 70.8 Å². The van der Waals surface area contributed by atoms with Crippen molar-refractivity contribution in [2.24, 2.45) is 7.05 Å². The van der Waals surface area contributed by atoms with Crippen molar-refractivity contribution >= 4 is 6.29 Å². The molecule has 4 nitrogen and oxygen atoms in total. The van der Waals surface area contributed by atoms with E-state index in [1.54, 1.807) is 24.0 Å². The lowest BCUT2D eigenvalue weighted by Crippen LogP contribution is -2.29. The molecule has 0 radical (unpaired) electrons. The van der Waals surface area contributed by atoms with Crippen LogP contribution in [0.4, 0.5) is 0 Å². The van der Waals surface area contributed by atoms with Gasteiger partial charge in [0.2, 0.25) is 0 Å². The highest BCUT2D eigenvalue weighted by atomic mass is 16.3. The summed E-state index contributed by atoms with van der Waals surface area (Å²) in [7, 11) is 1.79. The van der Waals surface area contributed by atoms with E-state index in [1.165, 1.54) is 6.92 Å². The monoisotopic (exact) mass is 168 g/mol. The number of rotatable bonds is 3. The molecule has 1 rings (SSSR count). The smallest absolute Gasteiger partial charge is 0.151 e. The van der Waals surface area contributed by atoms with E-state index in [4.69, 9.17) is 0 Å². The lowest BCUT2D eigenvalue weighted by atomic mass is 10.0. The molecule has 0 aliphatic carbocycles. The zero-order valence-electron chi connectivity index (χ0n) is 7.19. The van der Waals surface area contributed by atoms with Crippen molar-refractivity contribution in [2.75, 3.05) is 0 Å². The first kappa shape index (κ1) is 8.93. The van der Waals surface area contributed by atoms with Crippen LogP contribution in [0.1, 0.15) is 12.6 Å². The van der Waals surface area contributed by atoms with Gasteiger partial charge in [-0.1, -0.05) is 0 Å². The van der Waals surface area contributed by atoms with Gasteiger partial charge in [-0.2, -0.15) is 5.10 Å². The standard InChI is InChI=1S/C8H12N2O2/c1-8(12,6-11)5-7-3-4-10(2)9-7/h3-4,6,12H,5H2,1-2H3. The Hall–Kier alpha value is -1.16. The highest BCUT2D eigenvalue weighted by molar-refractivity contribution is 5.61. The van der Waals surface area contributed by atoms with Crippen LogP contribution in [0.3, 0.4) is 0 Å². The van der Waals surface area contributed by atoms with Gasteiger partial charge in [-0.05, 0) is 13.0 Å². The largest absolute Gasteiger partial charge is 0.382 e. The third-order valence-corrected chi connectivity index (χ3v) is 1.56. The van der Waals surface area contributed by atoms with E-state index in [2.05, 4.69) is 5.10 Å². The number of hydrogen-bond acceptors (Lipinski definition) is 3. The fourth-order valence-corrected chi connectivity index (χ4v) is 0.966. The van der Waals surface area contributed by atoms with Gasteiger partial charge in [0.05, 0.1) is 5.69 Å². The molecular weight excluding hydrogens is 156 g/mol. The van der Waals surface area contributed by atoms with E-state index < -0.39 is 5.60 Å². The maximum atomic E-state index is 10.4. The average Bonchev–Trinajstić information content (AvgIpc) is 2.35. The van der Waals surface area contributed by atoms with Gasteiger partial charge in [-0.3, -0.25) is 4.68 Å². The minimum absolute atomic E-state index is 0.261. The summed E-state index contributed by atoms with van der Waals surface area (Å²) in [5.74, 6) is 0. The molecule has 66 valence electrons. The van der Waals surface area contributed by atoms with Crippen molar-refractivity contribution in [1.29, 1.82) is 0 Å². The summed E-state index contributed by atoms with van der Waals surface area (Å²) in [5.41, 5.74) is -0.580. The highest BCUT2D eigenvalue weighted by Crippen LogP contribution is 2.07. The van der Waals surface area contributed by atoms with Gasteiger partial charge in [0.15, 0.2) is 6.29 Å². The van der Waals surface area contributed by atoms with Crippen molar-refractivity contribution in [3.63, 3.8) is 0 Å². The predicted octanol–water partition coefficient (Wildman–Crippen LogP) is -0.0875. The molecule has 0 fully saturated rings. The number of carbonyl (C=O) groups excluding carboxylic acids is 1. The van der Waals surface area contributed by atoms with E-state index in [9.17, 15) is 9.90 Å². The van der Waals surface area contributed by atoms with Crippen LogP contribution in [0.2, 0.25) is 0 Å². The van der Waals surface area contributed by atoms with Crippen molar-refractivity contribution < 1.29 is 9.90 Å². The molecule has 0 spiro atoms. The molecule has 1 N–H and O–H groups in total. The zero-order valence-corrected chi connectivity index (χ0v) is 7.19. The highest BCUT2D eigenvalue weighted by Gasteiger charge is 2.20. The molecule has 4 heteroatoms. The van der Waals surface area contributed by atoms with Crippen LogP contribution in [0.25, 0.3) is 0 Å². The minimum atomic E-state index is -1.30. The van der Waals surface area contributed by atoms with Gasteiger partial charge in [0, 0.05) is 19.7 Å². The summed E-state index contributed by atoms with van der Waals surface area (Å²) in [6.07, 6.45) is 2.56. The van der Waals surface area contributed by atoms with E-state index in [0.717, 1.165) is 5.69 Å². The van der Waals surface area contributed by atoms with Gasteiger partial charge in [-0.15, -0.1) is 0 Å². The third kappa shape index (κ3) is 2.17. The first-order valence-corrected chi connectivity index (χ1v) is 3.71. The van der Waals surface area contributed by atoms with Crippen molar-refractivity contribution in [3.05, 3.63) is 18.0 Å². The molecule has 1 aromatic heterocycles. The summed E-state index contributed by atoms with van der Waals surface area (Å²) in [4.78, 5) is 10.4. The maximum Gasteiger partial charge on any atom is 0.151 e. The molecule has 0 aliphatic rings. The molecule has 0 aliphatic heterocycles. The fourth-order valence-electron chi connectivity index (χ4n) is 0.966. The molecule has 0 bridgehead atoms.